The van der Waals surface area contributed by atoms with Crippen LogP contribution in [0, 0.1) is 5.92 Å². The predicted octanol–water partition coefficient (Wildman–Crippen LogP) is 4.20. The summed E-state index contributed by atoms with van der Waals surface area (Å²) in [6.07, 6.45) is 3.79. The Morgan fingerprint density at radius 3 is 2.42 bits per heavy atom. The molecule has 126 valence electrons. The molecule has 0 unspecified atom stereocenters. The lowest BCUT2D eigenvalue weighted by Crippen LogP contribution is -2.37. The number of hydrogen-bond donors (Lipinski definition) is 0. The standard InChI is InChI=1S/C21H26N2O/c1-22(2)20-13-7-12-19(14-20)21(24)23(16-18-10-6-11-18)15-17-8-4-3-5-9-17/h3-5,7-9,12-14,18H,6,10-11,15-16H2,1-2H3. The van der Waals surface area contributed by atoms with Crippen LogP contribution in [-0.4, -0.2) is 31.4 Å². The van der Waals surface area contributed by atoms with Crippen LogP contribution in [0.5, 0.6) is 0 Å². The van der Waals surface area contributed by atoms with Crippen molar-refractivity contribution in [2.45, 2.75) is 25.8 Å². The van der Waals surface area contributed by atoms with Gasteiger partial charge in [-0.15, -0.1) is 0 Å². The van der Waals surface area contributed by atoms with Crippen LogP contribution in [0.3, 0.4) is 0 Å². The zero-order valence-electron chi connectivity index (χ0n) is 14.6. The van der Waals surface area contributed by atoms with E-state index in [1.165, 1.54) is 24.8 Å². The maximum absolute atomic E-state index is 13.1. The first kappa shape index (κ1) is 16.6. The van der Waals surface area contributed by atoms with Gasteiger partial charge in [0, 0.05) is 38.4 Å². The molecule has 0 atom stereocenters. The summed E-state index contributed by atoms with van der Waals surface area (Å²) in [6.45, 7) is 1.54. The highest BCUT2D eigenvalue weighted by molar-refractivity contribution is 5.95. The number of nitrogens with zero attached hydrogens (tertiary/aromatic N) is 2. The Morgan fingerprint density at radius 2 is 1.79 bits per heavy atom. The fourth-order valence-electron chi connectivity index (χ4n) is 3.11. The Bertz CT molecular complexity index is 677. The van der Waals surface area contributed by atoms with Gasteiger partial charge >= 0.3 is 0 Å². The molecule has 24 heavy (non-hydrogen) atoms. The second-order valence-electron chi connectivity index (χ2n) is 6.91. The van der Waals surface area contributed by atoms with Gasteiger partial charge < -0.3 is 9.80 Å². The fourth-order valence-corrected chi connectivity index (χ4v) is 3.11. The molecule has 0 spiro atoms. The molecule has 3 rings (SSSR count). The van der Waals surface area contributed by atoms with Crippen molar-refractivity contribution in [3.63, 3.8) is 0 Å². The summed E-state index contributed by atoms with van der Waals surface area (Å²) in [5, 5.41) is 0. The van der Waals surface area contributed by atoms with E-state index in [1.54, 1.807) is 0 Å². The van der Waals surface area contributed by atoms with Crippen LogP contribution < -0.4 is 4.90 Å². The number of hydrogen-bond acceptors (Lipinski definition) is 2. The molecular formula is C21H26N2O. The lowest BCUT2D eigenvalue weighted by atomic mass is 9.85. The van der Waals surface area contributed by atoms with Gasteiger partial charge in [-0.3, -0.25) is 4.79 Å². The molecule has 0 bridgehead atoms. The summed E-state index contributed by atoms with van der Waals surface area (Å²) < 4.78 is 0. The maximum Gasteiger partial charge on any atom is 0.254 e. The van der Waals surface area contributed by atoms with Gasteiger partial charge in [0.05, 0.1) is 0 Å². The molecule has 1 amide bonds. The Morgan fingerprint density at radius 1 is 1.04 bits per heavy atom. The van der Waals surface area contributed by atoms with Crippen molar-refractivity contribution in [1.82, 2.24) is 4.90 Å². The summed E-state index contributed by atoms with van der Waals surface area (Å²) in [5.74, 6) is 0.796. The van der Waals surface area contributed by atoms with Crippen LogP contribution in [0.15, 0.2) is 54.6 Å². The van der Waals surface area contributed by atoms with Gasteiger partial charge in [0.25, 0.3) is 5.91 Å². The summed E-state index contributed by atoms with van der Waals surface area (Å²) in [7, 11) is 4.00. The largest absolute Gasteiger partial charge is 0.378 e. The summed E-state index contributed by atoms with van der Waals surface area (Å²) in [4.78, 5) is 17.2. The molecule has 1 fully saturated rings. The lowest BCUT2D eigenvalue weighted by molar-refractivity contribution is 0.0679. The van der Waals surface area contributed by atoms with Crippen molar-refractivity contribution in [1.29, 1.82) is 0 Å². The number of rotatable bonds is 6. The van der Waals surface area contributed by atoms with Gasteiger partial charge in [-0.1, -0.05) is 42.8 Å². The summed E-state index contributed by atoms with van der Waals surface area (Å²) >= 11 is 0. The van der Waals surface area contributed by atoms with Gasteiger partial charge in [-0.05, 0) is 42.5 Å². The number of carbonyl (C=O) groups excluding carboxylic acids is 1. The van der Waals surface area contributed by atoms with Gasteiger partial charge in [-0.25, -0.2) is 0 Å². The third-order valence-corrected chi connectivity index (χ3v) is 4.82. The first-order valence-electron chi connectivity index (χ1n) is 8.74. The molecular weight excluding hydrogens is 296 g/mol. The third kappa shape index (κ3) is 3.97. The molecule has 1 aliphatic carbocycles. The molecule has 0 saturated heterocycles. The lowest BCUT2D eigenvalue weighted by Gasteiger charge is -2.32. The Labute approximate surface area is 144 Å². The third-order valence-electron chi connectivity index (χ3n) is 4.82. The molecule has 0 aromatic heterocycles. The van der Waals surface area contributed by atoms with Gasteiger partial charge in [-0.2, -0.15) is 0 Å². The maximum atomic E-state index is 13.1. The van der Waals surface area contributed by atoms with Crippen molar-refractivity contribution in [2.75, 3.05) is 25.5 Å². The van der Waals surface area contributed by atoms with Crippen molar-refractivity contribution >= 4 is 11.6 Å². The summed E-state index contributed by atoms with van der Waals surface area (Å²) in [5.41, 5.74) is 3.02. The van der Waals surface area contributed by atoms with Crippen LogP contribution in [-0.2, 0) is 6.54 Å². The number of benzene rings is 2. The molecule has 1 aliphatic rings. The molecule has 2 aromatic rings. The minimum Gasteiger partial charge on any atom is -0.378 e. The van der Waals surface area contributed by atoms with Crippen molar-refractivity contribution in [2.24, 2.45) is 5.92 Å². The first-order valence-corrected chi connectivity index (χ1v) is 8.74. The van der Waals surface area contributed by atoms with E-state index in [1.807, 2.05) is 66.4 Å². The average Bonchev–Trinajstić information content (AvgIpc) is 2.57. The zero-order valence-corrected chi connectivity index (χ0v) is 14.6. The number of amides is 1. The predicted molar refractivity (Wildman–Crippen MR) is 99.3 cm³/mol. The second kappa shape index (κ2) is 7.52. The zero-order chi connectivity index (χ0) is 16.9. The number of anilines is 1. The van der Waals surface area contributed by atoms with Gasteiger partial charge in [0.1, 0.15) is 0 Å². The topological polar surface area (TPSA) is 23.6 Å². The highest BCUT2D eigenvalue weighted by Crippen LogP contribution is 2.28. The monoisotopic (exact) mass is 322 g/mol. The van der Waals surface area contributed by atoms with E-state index < -0.39 is 0 Å². The molecule has 2 aromatic carbocycles. The van der Waals surface area contributed by atoms with Gasteiger partial charge in [0.15, 0.2) is 0 Å². The molecule has 0 N–H and O–H groups in total. The second-order valence-corrected chi connectivity index (χ2v) is 6.91. The molecule has 3 nitrogen and oxygen atoms in total. The van der Waals surface area contributed by atoms with Crippen LogP contribution in [0.2, 0.25) is 0 Å². The highest BCUT2D eigenvalue weighted by atomic mass is 16.2. The SMILES string of the molecule is CN(C)c1cccc(C(=O)N(Cc2ccccc2)CC2CCC2)c1. The molecule has 0 aliphatic heterocycles. The molecule has 3 heteroatoms. The van der Waals surface area contributed by atoms with Gasteiger partial charge in [0.2, 0.25) is 0 Å². The summed E-state index contributed by atoms with van der Waals surface area (Å²) in [6, 6.07) is 18.2. The van der Waals surface area contributed by atoms with Crippen molar-refractivity contribution < 1.29 is 4.79 Å². The Kier molecular flexibility index (Phi) is 5.19. The van der Waals surface area contributed by atoms with E-state index in [4.69, 9.17) is 0 Å². The van der Waals surface area contributed by atoms with E-state index in [0.29, 0.717) is 12.5 Å². The quantitative estimate of drug-likeness (QED) is 0.796. The molecule has 1 saturated carbocycles. The first-order chi connectivity index (χ1) is 11.6. The van der Waals surface area contributed by atoms with E-state index in [2.05, 4.69) is 12.1 Å². The smallest absolute Gasteiger partial charge is 0.254 e. The van der Waals surface area contributed by atoms with Crippen LogP contribution in [0.4, 0.5) is 5.69 Å². The van der Waals surface area contributed by atoms with E-state index >= 15 is 0 Å². The fraction of sp³-hybridized carbons (Fsp3) is 0.381. The van der Waals surface area contributed by atoms with Crippen LogP contribution in [0.1, 0.15) is 35.2 Å². The van der Waals surface area contributed by atoms with E-state index in [9.17, 15) is 4.79 Å². The van der Waals surface area contributed by atoms with E-state index in [0.717, 1.165) is 17.8 Å². The van der Waals surface area contributed by atoms with Crippen LogP contribution in [0.25, 0.3) is 0 Å². The van der Waals surface area contributed by atoms with Crippen molar-refractivity contribution in [3.05, 3.63) is 65.7 Å². The highest BCUT2D eigenvalue weighted by Gasteiger charge is 2.24. The number of carbonyl (C=O) groups is 1. The minimum atomic E-state index is 0.134. The average molecular weight is 322 g/mol. The minimum absolute atomic E-state index is 0.134. The molecule has 0 heterocycles. The van der Waals surface area contributed by atoms with Crippen LogP contribution >= 0.6 is 0 Å². The normalized spacial score (nSPS) is 14.1. The van der Waals surface area contributed by atoms with E-state index in [-0.39, 0.29) is 5.91 Å². The Hall–Kier alpha value is -2.29. The van der Waals surface area contributed by atoms with Crippen molar-refractivity contribution in [3.8, 4) is 0 Å². The molecule has 0 radical (unpaired) electrons. The Balaban J connectivity index is 1.80.